The Morgan fingerprint density at radius 1 is 1.43 bits per heavy atom. The molecule has 1 amide bonds. The molecule has 1 unspecified atom stereocenters. The van der Waals surface area contributed by atoms with Crippen LogP contribution in [0.3, 0.4) is 0 Å². The maximum Gasteiger partial charge on any atom is 0.220 e. The summed E-state index contributed by atoms with van der Waals surface area (Å²) in [5.41, 5.74) is 2.05. The fourth-order valence-electron chi connectivity index (χ4n) is 3.03. The molecule has 23 heavy (non-hydrogen) atoms. The quantitative estimate of drug-likeness (QED) is 0.892. The van der Waals surface area contributed by atoms with Crippen LogP contribution >= 0.6 is 0 Å². The van der Waals surface area contributed by atoms with E-state index >= 15 is 0 Å². The van der Waals surface area contributed by atoms with Gasteiger partial charge in [-0.15, -0.1) is 0 Å². The largest absolute Gasteiger partial charge is 0.378 e. The maximum absolute atomic E-state index is 12.2. The van der Waals surface area contributed by atoms with Gasteiger partial charge in [0.05, 0.1) is 17.8 Å². The number of amides is 1. The van der Waals surface area contributed by atoms with Crippen molar-refractivity contribution in [3.63, 3.8) is 0 Å². The monoisotopic (exact) mass is 313 g/mol. The number of benzene rings is 1. The van der Waals surface area contributed by atoms with Gasteiger partial charge in [-0.3, -0.25) is 4.79 Å². The molecular formula is C18H23N3O2. The number of carbonyl (C=O) groups excluding carboxylic acids is 1. The van der Waals surface area contributed by atoms with E-state index < -0.39 is 0 Å². The molecular weight excluding hydrogens is 290 g/mol. The lowest BCUT2D eigenvalue weighted by Crippen LogP contribution is -2.28. The van der Waals surface area contributed by atoms with Crippen molar-refractivity contribution in [3.8, 4) is 5.69 Å². The Labute approximate surface area is 136 Å². The molecule has 2 heterocycles. The van der Waals surface area contributed by atoms with Crippen molar-refractivity contribution in [1.29, 1.82) is 0 Å². The fourth-order valence-corrected chi connectivity index (χ4v) is 3.03. The molecule has 2 aromatic rings. The SMILES string of the molecule is CC(NC(=O)CC[C@H]1CCCO1)c1ccccc1-n1cccn1. The van der Waals surface area contributed by atoms with Crippen molar-refractivity contribution in [3.05, 3.63) is 48.3 Å². The first-order chi connectivity index (χ1) is 11.2. The number of hydrogen-bond acceptors (Lipinski definition) is 3. The second-order valence-electron chi connectivity index (χ2n) is 5.97. The highest BCUT2D eigenvalue weighted by atomic mass is 16.5. The highest BCUT2D eigenvalue weighted by molar-refractivity contribution is 5.76. The third kappa shape index (κ3) is 3.99. The predicted molar refractivity (Wildman–Crippen MR) is 88.3 cm³/mol. The van der Waals surface area contributed by atoms with Gasteiger partial charge < -0.3 is 10.1 Å². The molecule has 1 aliphatic rings. The lowest BCUT2D eigenvalue weighted by Gasteiger charge is -2.18. The number of carbonyl (C=O) groups is 1. The van der Waals surface area contributed by atoms with E-state index in [1.54, 1.807) is 6.20 Å². The number of nitrogens with one attached hydrogen (secondary N) is 1. The number of aromatic nitrogens is 2. The van der Waals surface area contributed by atoms with Crippen LogP contribution in [0.15, 0.2) is 42.7 Å². The minimum Gasteiger partial charge on any atom is -0.378 e. The summed E-state index contributed by atoms with van der Waals surface area (Å²) >= 11 is 0. The van der Waals surface area contributed by atoms with Crippen LogP contribution in [0, 0.1) is 0 Å². The first-order valence-electron chi connectivity index (χ1n) is 8.24. The zero-order valence-electron chi connectivity index (χ0n) is 13.4. The van der Waals surface area contributed by atoms with Gasteiger partial charge in [0.15, 0.2) is 0 Å². The summed E-state index contributed by atoms with van der Waals surface area (Å²) in [4.78, 5) is 12.2. The summed E-state index contributed by atoms with van der Waals surface area (Å²) in [5.74, 6) is 0.0725. The molecule has 0 spiro atoms. The molecule has 3 rings (SSSR count). The Balaban J connectivity index is 1.61. The predicted octanol–water partition coefficient (Wildman–Crippen LogP) is 3.01. The highest BCUT2D eigenvalue weighted by Gasteiger charge is 2.18. The summed E-state index contributed by atoms with van der Waals surface area (Å²) in [6.45, 7) is 2.84. The van der Waals surface area contributed by atoms with Crippen molar-refractivity contribution < 1.29 is 9.53 Å². The summed E-state index contributed by atoms with van der Waals surface area (Å²) in [7, 11) is 0. The van der Waals surface area contributed by atoms with E-state index in [0.29, 0.717) is 6.42 Å². The molecule has 0 aliphatic carbocycles. The number of rotatable bonds is 6. The van der Waals surface area contributed by atoms with E-state index in [-0.39, 0.29) is 18.1 Å². The van der Waals surface area contributed by atoms with Gasteiger partial charge >= 0.3 is 0 Å². The van der Waals surface area contributed by atoms with Crippen LogP contribution in [-0.4, -0.2) is 28.4 Å². The molecule has 2 atom stereocenters. The number of ether oxygens (including phenoxy) is 1. The Hall–Kier alpha value is -2.14. The summed E-state index contributed by atoms with van der Waals surface area (Å²) in [6, 6.07) is 9.83. The second kappa shape index (κ2) is 7.42. The van der Waals surface area contributed by atoms with Gasteiger partial charge in [-0.1, -0.05) is 18.2 Å². The molecule has 1 aromatic heterocycles. The van der Waals surface area contributed by atoms with E-state index in [1.165, 1.54) is 0 Å². The van der Waals surface area contributed by atoms with E-state index in [2.05, 4.69) is 10.4 Å². The van der Waals surface area contributed by atoms with Crippen LogP contribution in [0.4, 0.5) is 0 Å². The third-order valence-corrected chi connectivity index (χ3v) is 4.25. The third-order valence-electron chi connectivity index (χ3n) is 4.25. The van der Waals surface area contributed by atoms with Gasteiger partial charge in [-0.2, -0.15) is 5.10 Å². The molecule has 0 radical (unpaired) electrons. The van der Waals surface area contributed by atoms with Crippen molar-refractivity contribution in [2.24, 2.45) is 0 Å². The second-order valence-corrected chi connectivity index (χ2v) is 5.97. The maximum atomic E-state index is 12.2. The van der Waals surface area contributed by atoms with Gasteiger partial charge in [0, 0.05) is 25.4 Å². The Kier molecular flexibility index (Phi) is 5.08. The van der Waals surface area contributed by atoms with E-state index in [4.69, 9.17) is 4.74 Å². The summed E-state index contributed by atoms with van der Waals surface area (Å²) in [5, 5.41) is 7.37. The van der Waals surface area contributed by atoms with Crippen LogP contribution in [0.5, 0.6) is 0 Å². The minimum absolute atomic E-state index is 0.0626. The Morgan fingerprint density at radius 2 is 2.30 bits per heavy atom. The number of hydrogen-bond donors (Lipinski definition) is 1. The van der Waals surface area contributed by atoms with Crippen LogP contribution in [-0.2, 0) is 9.53 Å². The van der Waals surface area contributed by atoms with E-state index in [9.17, 15) is 4.79 Å². The lowest BCUT2D eigenvalue weighted by atomic mass is 10.1. The first kappa shape index (κ1) is 15.7. The van der Waals surface area contributed by atoms with Crippen molar-refractivity contribution >= 4 is 5.91 Å². The molecule has 1 aromatic carbocycles. The molecule has 0 saturated carbocycles. The van der Waals surface area contributed by atoms with Crippen molar-refractivity contribution in [2.75, 3.05) is 6.61 Å². The summed E-state index contributed by atoms with van der Waals surface area (Å²) in [6.07, 6.45) is 7.42. The van der Waals surface area contributed by atoms with Crippen LogP contribution in [0.1, 0.15) is 44.2 Å². The molecule has 0 bridgehead atoms. The Bertz CT molecular complexity index is 633. The lowest BCUT2D eigenvalue weighted by molar-refractivity contribution is -0.122. The van der Waals surface area contributed by atoms with Gasteiger partial charge in [0.1, 0.15) is 0 Å². The minimum atomic E-state index is -0.0626. The average molecular weight is 313 g/mol. The molecule has 5 nitrogen and oxygen atoms in total. The number of para-hydroxylation sites is 1. The topological polar surface area (TPSA) is 56.1 Å². The normalized spacial score (nSPS) is 18.7. The van der Waals surface area contributed by atoms with Crippen molar-refractivity contribution in [1.82, 2.24) is 15.1 Å². The van der Waals surface area contributed by atoms with Gasteiger partial charge in [0.25, 0.3) is 0 Å². The molecule has 122 valence electrons. The number of nitrogens with zero attached hydrogens (tertiary/aromatic N) is 2. The van der Waals surface area contributed by atoms with Crippen LogP contribution in [0.2, 0.25) is 0 Å². The average Bonchev–Trinajstić information content (AvgIpc) is 3.26. The van der Waals surface area contributed by atoms with Gasteiger partial charge in [-0.05, 0) is 43.9 Å². The summed E-state index contributed by atoms with van der Waals surface area (Å²) < 4.78 is 7.39. The van der Waals surface area contributed by atoms with Crippen LogP contribution < -0.4 is 5.32 Å². The van der Waals surface area contributed by atoms with E-state index in [0.717, 1.165) is 37.1 Å². The fraction of sp³-hybridized carbons (Fsp3) is 0.444. The molecule has 5 heteroatoms. The smallest absolute Gasteiger partial charge is 0.220 e. The van der Waals surface area contributed by atoms with Gasteiger partial charge in [-0.25, -0.2) is 4.68 Å². The van der Waals surface area contributed by atoms with Gasteiger partial charge in [0.2, 0.25) is 5.91 Å². The molecule has 1 fully saturated rings. The first-order valence-corrected chi connectivity index (χ1v) is 8.24. The zero-order chi connectivity index (χ0) is 16.1. The highest BCUT2D eigenvalue weighted by Crippen LogP contribution is 2.22. The Morgan fingerprint density at radius 3 is 3.04 bits per heavy atom. The van der Waals surface area contributed by atoms with Crippen molar-refractivity contribution in [2.45, 2.75) is 44.8 Å². The molecule has 1 saturated heterocycles. The van der Waals surface area contributed by atoms with Crippen LogP contribution in [0.25, 0.3) is 5.69 Å². The van der Waals surface area contributed by atoms with E-state index in [1.807, 2.05) is 48.1 Å². The molecule has 1 N–H and O–H groups in total. The molecule has 1 aliphatic heterocycles. The standard InChI is InChI=1S/C18H23N3O2/c1-14(20-18(22)10-9-15-6-4-13-23-15)16-7-2-3-8-17(16)21-12-5-11-19-21/h2-3,5,7-8,11-12,14-15H,4,6,9-10,13H2,1H3,(H,20,22)/t14?,15-/m1/s1. The zero-order valence-corrected chi connectivity index (χ0v) is 13.4.